The van der Waals surface area contributed by atoms with Crippen LogP contribution in [0.4, 0.5) is 4.79 Å². The molecule has 19 heavy (non-hydrogen) atoms. The van der Waals surface area contributed by atoms with Crippen molar-refractivity contribution in [3.05, 3.63) is 0 Å². The highest BCUT2D eigenvalue weighted by Crippen LogP contribution is 2.28. The monoisotopic (exact) mass is 270 g/mol. The zero-order valence-electron chi connectivity index (χ0n) is 13.2. The Morgan fingerprint density at radius 1 is 1.37 bits per heavy atom. The number of unbranched alkanes of at least 4 members (excludes halogenated alkanes) is 1. The summed E-state index contributed by atoms with van der Waals surface area (Å²) >= 11 is 0. The lowest BCUT2D eigenvalue weighted by atomic mass is 9.99. The molecule has 0 radical (unpaired) electrons. The fourth-order valence-corrected chi connectivity index (χ4v) is 2.66. The summed E-state index contributed by atoms with van der Waals surface area (Å²) in [4.78, 5) is 14.0. The summed E-state index contributed by atoms with van der Waals surface area (Å²) in [5, 5.41) is 3.17. The lowest BCUT2D eigenvalue weighted by Crippen LogP contribution is -2.38. The molecule has 112 valence electrons. The van der Waals surface area contributed by atoms with Gasteiger partial charge in [0.15, 0.2) is 0 Å². The first kappa shape index (κ1) is 16.3. The topological polar surface area (TPSA) is 41.6 Å². The third-order valence-electron chi connectivity index (χ3n) is 3.58. The van der Waals surface area contributed by atoms with Crippen LogP contribution in [0.3, 0.4) is 0 Å². The summed E-state index contributed by atoms with van der Waals surface area (Å²) in [6, 6.07) is 0.309. The van der Waals surface area contributed by atoms with Gasteiger partial charge in [-0.25, -0.2) is 4.79 Å². The quantitative estimate of drug-likeness (QED) is 0.781. The SMILES string of the molecule is CNCCCCC1CC(C)N(C(=O)OC(C)(C)C)C1. The van der Waals surface area contributed by atoms with Gasteiger partial charge in [-0.3, -0.25) is 0 Å². The largest absolute Gasteiger partial charge is 0.444 e. The number of carbonyl (C=O) groups excluding carboxylic acids is 1. The number of hydrogen-bond donors (Lipinski definition) is 1. The molecule has 0 spiro atoms. The van der Waals surface area contributed by atoms with Crippen molar-refractivity contribution in [1.82, 2.24) is 10.2 Å². The third kappa shape index (κ3) is 5.81. The second-order valence-corrected chi connectivity index (χ2v) is 6.68. The third-order valence-corrected chi connectivity index (χ3v) is 3.58. The molecular formula is C15H30N2O2. The van der Waals surface area contributed by atoms with Crippen molar-refractivity contribution in [2.45, 2.75) is 65.0 Å². The van der Waals surface area contributed by atoms with Crippen LogP contribution in [-0.2, 0) is 4.74 Å². The Hall–Kier alpha value is -0.770. The minimum absolute atomic E-state index is 0.155. The lowest BCUT2D eigenvalue weighted by molar-refractivity contribution is 0.0233. The van der Waals surface area contributed by atoms with Gasteiger partial charge < -0.3 is 15.0 Å². The van der Waals surface area contributed by atoms with E-state index < -0.39 is 5.60 Å². The van der Waals surface area contributed by atoms with Crippen molar-refractivity contribution >= 4 is 6.09 Å². The summed E-state index contributed by atoms with van der Waals surface area (Å²) in [6.45, 7) is 9.81. The van der Waals surface area contributed by atoms with E-state index >= 15 is 0 Å². The number of hydrogen-bond acceptors (Lipinski definition) is 3. The number of ether oxygens (including phenoxy) is 1. The van der Waals surface area contributed by atoms with E-state index in [9.17, 15) is 4.79 Å². The van der Waals surface area contributed by atoms with E-state index in [0.717, 1.165) is 19.5 Å². The van der Waals surface area contributed by atoms with E-state index in [0.29, 0.717) is 12.0 Å². The van der Waals surface area contributed by atoms with E-state index in [4.69, 9.17) is 4.74 Å². The lowest BCUT2D eigenvalue weighted by Gasteiger charge is -2.27. The first-order valence-electron chi connectivity index (χ1n) is 7.47. The molecule has 0 bridgehead atoms. The highest BCUT2D eigenvalue weighted by atomic mass is 16.6. The zero-order valence-corrected chi connectivity index (χ0v) is 13.2. The minimum Gasteiger partial charge on any atom is -0.444 e. The molecule has 1 amide bonds. The van der Waals surface area contributed by atoms with E-state index in [1.807, 2.05) is 32.7 Å². The molecule has 0 aliphatic carbocycles. The maximum atomic E-state index is 12.1. The molecule has 0 aromatic heterocycles. The number of nitrogens with zero attached hydrogens (tertiary/aromatic N) is 1. The number of amides is 1. The van der Waals surface area contributed by atoms with Gasteiger partial charge >= 0.3 is 6.09 Å². The highest BCUT2D eigenvalue weighted by molar-refractivity contribution is 5.68. The molecule has 1 aliphatic rings. The Kier molecular flexibility index (Phi) is 6.11. The average molecular weight is 270 g/mol. The van der Waals surface area contributed by atoms with Crippen LogP contribution >= 0.6 is 0 Å². The van der Waals surface area contributed by atoms with Gasteiger partial charge in [0.2, 0.25) is 0 Å². The van der Waals surface area contributed by atoms with E-state index in [1.165, 1.54) is 19.3 Å². The number of carbonyl (C=O) groups is 1. The van der Waals surface area contributed by atoms with Crippen LogP contribution in [-0.4, -0.2) is 42.8 Å². The molecule has 2 atom stereocenters. The van der Waals surface area contributed by atoms with Crippen LogP contribution in [0, 0.1) is 5.92 Å². The van der Waals surface area contributed by atoms with Crippen LogP contribution < -0.4 is 5.32 Å². The summed E-state index contributed by atoms with van der Waals surface area (Å²) in [5.41, 5.74) is -0.401. The smallest absolute Gasteiger partial charge is 0.410 e. The maximum Gasteiger partial charge on any atom is 0.410 e. The standard InChI is InChI=1S/C15H30N2O2/c1-12-10-13(8-6-7-9-16-5)11-17(12)14(18)19-15(2,3)4/h12-13,16H,6-11H2,1-5H3. The van der Waals surface area contributed by atoms with Gasteiger partial charge in [-0.05, 0) is 66.5 Å². The minimum atomic E-state index is -0.401. The van der Waals surface area contributed by atoms with E-state index in [1.54, 1.807) is 0 Å². The van der Waals surface area contributed by atoms with Crippen molar-refractivity contribution < 1.29 is 9.53 Å². The van der Waals surface area contributed by atoms with Gasteiger partial charge in [-0.2, -0.15) is 0 Å². The summed E-state index contributed by atoms with van der Waals surface area (Å²) in [7, 11) is 1.99. The normalized spacial score (nSPS) is 23.7. The number of rotatable bonds is 5. The number of nitrogens with one attached hydrogen (secondary N) is 1. The van der Waals surface area contributed by atoms with Crippen molar-refractivity contribution in [3.8, 4) is 0 Å². The molecule has 0 aromatic rings. The molecule has 1 saturated heterocycles. The molecule has 1 N–H and O–H groups in total. The zero-order chi connectivity index (χ0) is 14.5. The molecule has 2 unspecified atom stereocenters. The molecule has 4 heteroatoms. The molecule has 1 fully saturated rings. The summed E-state index contributed by atoms with van der Waals surface area (Å²) in [5.74, 6) is 0.638. The summed E-state index contributed by atoms with van der Waals surface area (Å²) in [6.07, 6.45) is 4.62. The molecule has 1 aliphatic heterocycles. The predicted octanol–water partition coefficient (Wildman–Crippen LogP) is 3.02. The van der Waals surface area contributed by atoms with Gasteiger partial charge in [-0.1, -0.05) is 6.42 Å². The van der Waals surface area contributed by atoms with Crippen LogP contribution in [0.15, 0.2) is 0 Å². The van der Waals surface area contributed by atoms with Gasteiger partial charge in [0, 0.05) is 12.6 Å². The van der Waals surface area contributed by atoms with Gasteiger partial charge in [0.25, 0.3) is 0 Å². The van der Waals surface area contributed by atoms with E-state index in [2.05, 4.69) is 12.2 Å². The van der Waals surface area contributed by atoms with Crippen LogP contribution in [0.2, 0.25) is 0 Å². The second kappa shape index (κ2) is 7.13. The maximum absolute atomic E-state index is 12.1. The molecule has 1 heterocycles. The Balaban J connectivity index is 2.35. The Bertz CT molecular complexity index is 286. The van der Waals surface area contributed by atoms with Crippen molar-refractivity contribution in [1.29, 1.82) is 0 Å². The van der Waals surface area contributed by atoms with Crippen molar-refractivity contribution in [3.63, 3.8) is 0 Å². The Morgan fingerprint density at radius 2 is 2.05 bits per heavy atom. The fourth-order valence-electron chi connectivity index (χ4n) is 2.66. The second-order valence-electron chi connectivity index (χ2n) is 6.68. The Morgan fingerprint density at radius 3 is 2.63 bits per heavy atom. The van der Waals surface area contributed by atoms with Gasteiger partial charge in [0.05, 0.1) is 0 Å². The first-order chi connectivity index (χ1) is 8.83. The predicted molar refractivity (Wildman–Crippen MR) is 78.3 cm³/mol. The van der Waals surface area contributed by atoms with Crippen LogP contribution in [0.25, 0.3) is 0 Å². The van der Waals surface area contributed by atoms with Gasteiger partial charge in [-0.15, -0.1) is 0 Å². The van der Waals surface area contributed by atoms with Crippen LogP contribution in [0.5, 0.6) is 0 Å². The Labute approximate surface area is 117 Å². The van der Waals surface area contributed by atoms with Crippen molar-refractivity contribution in [2.24, 2.45) is 5.92 Å². The molecule has 0 saturated carbocycles. The van der Waals surface area contributed by atoms with Crippen molar-refractivity contribution in [2.75, 3.05) is 20.1 Å². The molecular weight excluding hydrogens is 240 g/mol. The van der Waals surface area contributed by atoms with Crippen LogP contribution in [0.1, 0.15) is 53.4 Å². The molecule has 0 aromatic carbocycles. The van der Waals surface area contributed by atoms with Gasteiger partial charge in [0.1, 0.15) is 5.60 Å². The first-order valence-corrected chi connectivity index (χ1v) is 7.47. The average Bonchev–Trinajstić information content (AvgIpc) is 2.64. The number of likely N-dealkylation sites (tertiary alicyclic amines) is 1. The molecule has 4 nitrogen and oxygen atoms in total. The highest BCUT2D eigenvalue weighted by Gasteiger charge is 2.34. The van der Waals surface area contributed by atoms with E-state index in [-0.39, 0.29) is 6.09 Å². The fraction of sp³-hybridized carbons (Fsp3) is 0.933. The molecule has 1 rings (SSSR count). The summed E-state index contributed by atoms with van der Waals surface area (Å²) < 4.78 is 5.46.